The van der Waals surface area contributed by atoms with Crippen molar-refractivity contribution < 1.29 is 21.6 Å². The molecular formula is C23H22N4O5S2. The van der Waals surface area contributed by atoms with Gasteiger partial charge in [0.2, 0.25) is 20.0 Å². The number of hydrogen-bond acceptors (Lipinski definition) is 7. The highest BCUT2D eigenvalue weighted by Crippen LogP contribution is 2.29. The molecule has 0 unspecified atom stereocenters. The molecule has 11 heteroatoms. The number of carbonyl (C=O) groups is 1. The molecule has 0 aliphatic carbocycles. The Bertz CT molecular complexity index is 1480. The van der Waals surface area contributed by atoms with Crippen LogP contribution < -0.4 is 15.2 Å². The van der Waals surface area contributed by atoms with Gasteiger partial charge in [0.25, 0.3) is 5.91 Å². The Balaban J connectivity index is 1.94. The number of benzene rings is 3. The molecule has 9 nitrogen and oxygen atoms in total. The van der Waals surface area contributed by atoms with E-state index in [2.05, 4.69) is 0 Å². The Morgan fingerprint density at radius 1 is 1.00 bits per heavy atom. The van der Waals surface area contributed by atoms with Crippen molar-refractivity contribution in [3.8, 4) is 17.2 Å². The van der Waals surface area contributed by atoms with E-state index in [1.54, 1.807) is 36.4 Å². The summed E-state index contributed by atoms with van der Waals surface area (Å²) < 4.78 is 49.4. The monoisotopic (exact) mass is 498 g/mol. The van der Waals surface area contributed by atoms with E-state index in [1.165, 1.54) is 36.4 Å². The van der Waals surface area contributed by atoms with Crippen LogP contribution >= 0.6 is 0 Å². The average molecular weight is 499 g/mol. The largest absolute Gasteiger partial charge is 0.320 e. The van der Waals surface area contributed by atoms with Gasteiger partial charge < -0.3 is 5.73 Å². The Labute approximate surface area is 198 Å². The second kappa shape index (κ2) is 9.74. The van der Waals surface area contributed by atoms with Crippen molar-refractivity contribution in [1.29, 1.82) is 5.26 Å². The average Bonchev–Trinajstić information content (AvgIpc) is 2.78. The van der Waals surface area contributed by atoms with Crippen LogP contribution in [0.1, 0.15) is 11.1 Å². The number of anilines is 1. The Kier molecular flexibility index (Phi) is 7.18. The minimum absolute atomic E-state index is 0.0280. The summed E-state index contributed by atoms with van der Waals surface area (Å²) in [6.07, 6.45) is 0.915. The molecule has 1 amide bonds. The maximum absolute atomic E-state index is 13.1. The molecule has 0 radical (unpaired) electrons. The van der Waals surface area contributed by atoms with Gasteiger partial charge in [-0.3, -0.25) is 4.79 Å². The molecule has 3 aromatic rings. The number of nitrogens with two attached hydrogens (primary N) is 2. The molecule has 0 bridgehead atoms. The van der Waals surface area contributed by atoms with Crippen molar-refractivity contribution in [3.63, 3.8) is 0 Å². The first-order chi connectivity index (χ1) is 15.9. The zero-order valence-electron chi connectivity index (χ0n) is 18.1. The summed E-state index contributed by atoms with van der Waals surface area (Å²) in [4.78, 5) is 13.0. The highest BCUT2D eigenvalue weighted by Gasteiger charge is 2.30. The van der Waals surface area contributed by atoms with E-state index in [0.29, 0.717) is 26.6 Å². The Morgan fingerprint density at radius 3 is 2.24 bits per heavy atom. The first-order valence-electron chi connectivity index (χ1n) is 9.93. The predicted octanol–water partition coefficient (Wildman–Crippen LogP) is 1.74. The molecule has 0 saturated heterocycles. The van der Waals surface area contributed by atoms with Gasteiger partial charge >= 0.3 is 0 Å². The summed E-state index contributed by atoms with van der Waals surface area (Å²) in [5.41, 5.74) is 7.90. The number of nitrogens with zero attached hydrogens (tertiary/aromatic N) is 2. The van der Waals surface area contributed by atoms with Crippen LogP contribution in [0.5, 0.6) is 0 Å². The van der Waals surface area contributed by atoms with Gasteiger partial charge in [0, 0.05) is 5.56 Å². The zero-order chi connectivity index (χ0) is 25.1. The second-order valence-electron chi connectivity index (χ2n) is 7.58. The number of rotatable bonds is 7. The summed E-state index contributed by atoms with van der Waals surface area (Å²) in [5.74, 6) is -0.845. The third-order valence-electron chi connectivity index (χ3n) is 4.97. The van der Waals surface area contributed by atoms with E-state index in [9.17, 15) is 21.6 Å². The fourth-order valence-corrected chi connectivity index (χ4v) is 5.20. The van der Waals surface area contributed by atoms with Crippen molar-refractivity contribution in [2.45, 2.75) is 17.4 Å². The molecule has 0 aliphatic heterocycles. The van der Waals surface area contributed by atoms with Gasteiger partial charge in [-0.25, -0.2) is 26.3 Å². The molecule has 0 heterocycles. The van der Waals surface area contributed by atoms with E-state index >= 15 is 0 Å². The fraction of sp³-hybridized carbons (Fsp3) is 0.130. The Morgan fingerprint density at radius 2 is 1.65 bits per heavy atom. The van der Waals surface area contributed by atoms with Gasteiger partial charge in [-0.2, -0.15) is 5.26 Å². The normalized spacial score (nSPS) is 12.5. The molecule has 34 heavy (non-hydrogen) atoms. The van der Waals surface area contributed by atoms with Gasteiger partial charge in [-0.05, 0) is 47.9 Å². The molecule has 176 valence electrons. The number of hydrogen-bond donors (Lipinski definition) is 2. The maximum Gasteiger partial charge on any atom is 0.257 e. The molecule has 4 N–H and O–H groups in total. The van der Waals surface area contributed by atoms with E-state index < -0.39 is 32.0 Å². The van der Waals surface area contributed by atoms with Crippen LogP contribution in [0.15, 0.2) is 77.7 Å². The molecule has 1 atom stereocenters. The van der Waals surface area contributed by atoms with E-state index in [4.69, 9.17) is 16.1 Å². The topological polar surface area (TPSA) is 164 Å². The summed E-state index contributed by atoms with van der Waals surface area (Å²) in [6.45, 7) is 0. The van der Waals surface area contributed by atoms with Crippen molar-refractivity contribution >= 4 is 31.6 Å². The van der Waals surface area contributed by atoms with Crippen LogP contribution in [0.25, 0.3) is 11.1 Å². The van der Waals surface area contributed by atoms with Crippen LogP contribution in [-0.4, -0.2) is 35.0 Å². The molecular weight excluding hydrogens is 476 g/mol. The van der Waals surface area contributed by atoms with Crippen LogP contribution in [0.4, 0.5) is 5.69 Å². The predicted molar refractivity (Wildman–Crippen MR) is 128 cm³/mol. The number of sulfonamides is 2. The Hall–Kier alpha value is -3.56. The van der Waals surface area contributed by atoms with Gasteiger partial charge in [-0.1, -0.05) is 42.5 Å². The first kappa shape index (κ1) is 25.1. The minimum Gasteiger partial charge on any atom is -0.320 e. The summed E-state index contributed by atoms with van der Waals surface area (Å²) in [5, 5.41) is 14.3. The van der Waals surface area contributed by atoms with Crippen molar-refractivity contribution in [2.75, 3.05) is 10.6 Å². The molecule has 0 aliphatic rings. The first-order valence-corrected chi connectivity index (χ1v) is 13.3. The van der Waals surface area contributed by atoms with Crippen molar-refractivity contribution in [1.82, 2.24) is 0 Å². The number of amides is 1. The lowest BCUT2D eigenvalue weighted by Crippen LogP contribution is -2.47. The third-order valence-corrected chi connectivity index (χ3v) is 6.99. The summed E-state index contributed by atoms with van der Waals surface area (Å²) in [7, 11) is -8.03. The smallest absolute Gasteiger partial charge is 0.257 e. The van der Waals surface area contributed by atoms with Gasteiger partial charge in [0.15, 0.2) is 0 Å². The third kappa shape index (κ3) is 5.67. The molecule has 3 rings (SSSR count). The summed E-state index contributed by atoms with van der Waals surface area (Å²) in [6, 6.07) is 19.2. The molecule has 0 spiro atoms. The number of nitriles is 1. The second-order valence-corrected chi connectivity index (χ2v) is 10.9. The van der Waals surface area contributed by atoms with Crippen LogP contribution in [0, 0.1) is 11.3 Å². The molecule has 0 fully saturated rings. The lowest BCUT2D eigenvalue weighted by molar-refractivity contribution is -0.118. The highest BCUT2D eigenvalue weighted by atomic mass is 32.2. The molecule has 3 aromatic carbocycles. The van der Waals surface area contributed by atoms with E-state index in [-0.39, 0.29) is 17.0 Å². The van der Waals surface area contributed by atoms with Gasteiger partial charge in [-0.15, -0.1) is 0 Å². The van der Waals surface area contributed by atoms with Crippen molar-refractivity contribution in [3.05, 3.63) is 83.9 Å². The molecule has 0 saturated carbocycles. The number of carbonyl (C=O) groups excluding carboxylic acids is 1. The standard InChI is InChI=1S/C23H22N4O5S2/c1-33(29,30)27(23(28)21(25)14-16-5-4-6-17(13-16)15-24)19-11-9-18(10-12-19)20-7-2-3-8-22(20)34(26,31)32/h2-13,21H,14,25H2,1H3,(H2,26,31,32)/t21-/m0/s1. The van der Waals surface area contributed by atoms with Crippen LogP contribution in [0.3, 0.4) is 0 Å². The van der Waals surface area contributed by atoms with E-state index in [0.717, 1.165) is 6.26 Å². The van der Waals surface area contributed by atoms with Gasteiger partial charge in [0.05, 0.1) is 34.5 Å². The fourth-order valence-electron chi connectivity index (χ4n) is 3.47. The van der Waals surface area contributed by atoms with Gasteiger partial charge in [0.1, 0.15) is 0 Å². The maximum atomic E-state index is 13.1. The zero-order valence-corrected chi connectivity index (χ0v) is 19.8. The lowest BCUT2D eigenvalue weighted by atomic mass is 10.0. The highest BCUT2D eigenvalue weighted by molar-refractivity contribution is 7.92. The quantitative estimate of drug-likeness (QED) is 0.501. The summed E-state index contributed by atoms with van der Waals surface area (Å²) >= 11 is 0. The minimum atomic E-state index is -4.04. The van der Waals surface area contributed by atoms with Crippen LogP contribution in [0.2, 0.25) is 0 Å². The lowest BCUT2D eigenvalue weighted by Gasteiger charge is -2.24. The van der Waals surface area contributed by atoms with Crippen molar-refractivity contribution in [2.24, 2.45) is 10.9 Å². The van der Waals surface area contributed by atoms with E-state index in [1.807, 2.05) is 6.07 Å². The SMILES string of the molecule is CS(=O)(=O)N(C(=O)[C@@H](N)Cc1cccc(C#N)c1)c1ccc(-c2ccccc2S(N)(=O)=O)cc1. The van der Waals surface area contributed by atoms with Crippen LogP contribution in [-0.2, 0) is 31.3 Å². The molecule has 0 aromatic heterocycles. The number of primary sulfonamides is 1.